The number of rotatable bonds is 6. The summed E-state index contributed by atoms with van der Waals surface area (Å²) in [5.41, 5.74) is -0.0659. The second-order valence-corrected chi connectivity index (χ2v) is 8.99. The first-order chi connectivity index (χ1) is 9.13. The number of sulfonamides is 1. The third kappa shape index (κ3) is 4.42. The monoisotopic (exact) mass is 385 g/mol. The highest BCUT2D eigenvalue weighted by Crippen LogP contribution is 2.25. The van der Waals surface area contributed by atoms with E-state index < -0.39 is 27.3 Å². The van der Waals surface area contributed by atoms with Gasteiger partial charge in [0.2, 0.25) is 10.0 Å². The lowest BCUT2D eigenvalue weighted by Crippen LogP contribution is -2.36. The number of aliphatic hydroxyl groups is 1. The molecule has 0 aliphatic heterocycles. The molecule has 0 saturated carbocycles. The average Bonchev–Trinajstić information content (AvgIpc) is 2.39. The Labute approximate surface area is 131 Å². The molecular weight excluding hydrogens is 369 g/mol. The van der Waals surface area contributed by atoms with Crippen LogP contribution in [-0.2, 0) is 16.6 Å². The van der Waals surface area contributed by atoms with Crippen molar-refractivity contribution in [3.05, 3.63) is 28.0 Å². The van der Waals surface area contributed by atoms with E-state index in [9.17, 15) is 12.8 Å². The minimum atomic E-state index is -3.97. The molecule has 0 unspecified atom stereocenters. The molecule has 0 fully saturated rings. The highest BCUT2D eigenvalue weighted by atomic mass is 79.9. The zero-order valence-corrected chi connectivity index (χ0v) is 14.6. The SMILES string of the molecule is CSC(C)(C)CNS(=O)(=O)c1cc(Br)cc(CO)c1F. The molecule has 0 aliphatic rings. The Morgan fingerprint density at radius 3 is 2.55 bits per heavy atom. The van der Waals surface area contributed by atoms with Gasteiger partial charge in [-0.2, -0.15) is 11.8 Å². The van der Waals surface area contributed by atoms with E-state index in [2.05, 4.69) is 20.7 Å². The predicted molar refractivity (Wildman–Crippen MR) is 82.8 cm³/mol. The van der Waals surface area contributed by atoms with E-state index in [-0.39, 0.29) is 16.9 Å². The van der Waals surface area contributed by atoms with E-state index in [1.54, 1.807) is 0 Å². The van der Waals surface area contributed by atoms with Crippen molar-refractivity contribution in [3.8, 4) is 0 Å². The third-order valence-corrected chi connectivity index (χ3v) is 5.89. The van der Waals surface area contributed by atoms with Crippen LogP contribution in [0.5, 0.6) is 0 Å². The maximum atomic E-state index is 14.0. The van der Waals surface area contributed by atoms with Gasteiger partial charge in [0.1, 0.15) is 10.7 Å². The van der Waals surface area contributed by atoms with Crippen molar-refractivity contribution in [3.63, 3.8) is 0 Å². The van der Waals surface area contributed by atoms with Gasteiger partial charge in [0.05, 0.1) is 6.61 Å². The van der Waals surface area contributed by atoms with Crippen LogP contribution in [0.2, 0.25) is 0 Å². The third-order valence-electron chi connectivity index (χ3n) is 2.78. The van der Waals surface area contributed by atoms with Gasteiger partial charge in [0.25, 0.3) is 0 Å². The second-order valence-electron chi connectivity index (χ2n) is 4.82. The van der Waals surface area contributed by atoms with Crippen LogP contribution < -0.4 is 4.72 Å². The topological polar surface area (TPSA) is 66.4 Å². The van der Waals surface area contributed by atoms with Gasteiger partial charge in [-0.3, -0.25) is 0 Å². The molecule has 0 saturated heterocycles. The molecule has 0 heterocycles. The number of benzene rings is 1. The highest BCUT2D eigenvalue weighted by molar-refractivity contribution is 9.10. The molecule has 0 aliphatic carbocycles. The van der Waals surface area contributed by atoms with Crippen LogP contribution >= 0.6 is 27.7 Å². The summed E-state index contributed by atoms with van der Waals surface area (Å²) in [5, 5.41) is 9.05. The van der Waals surface area contributed by atoms with Gasteiger partial charge < -0.3 is 5.11 Å². The van der Waals surface area contributed by atoms with Crippen LogP contribution in [0.15, 0.2) is 21.5 Å². The highest BCUT2D eigenvalue weighted by Gasteiger charge is 2.25. The van der Waals surface area contributed by atoms with Crippen molar-refractivity contribution >= 4 is 37.7 Å². The fourth-order valence-corrected chi connectivity index (χ4v) is 3.67. The van der Waals surface area contributed by atoms with Gasteiger partial charge in [0, 0.05) is 21.3 Å². The molecule has 8 heteroatoms. The summed E-state index contributed by atoms with van der Waals surface area (Å²) in [6.45, 7) is 3.38. The number of aliphatic hydroxyl groups excluding tert-OH is 1. The van der Waals surface area contributed by atoms with Crippen LogP contribution in [0.3, 0.4) is 0 Å². The van der Waals surface area contributed by atoms with Crippen LogP contribution in [0.4, 0.5) is 4.39 Å². The van der Waals surface area contributed by atoms with Crippen LogP contribution in [0.1, 0.15) is 19.4 Å². The molecule has 2 N–H and O–H groups in total. The number of hydrogen-bond donors (Lipinski definition) is 2. The largest absolute Gasteiger partial charge is 0.392 e. The number of nitrogens with one attached hydrogen (secondary N) is 1. The minimum absolute atomic E-state index is 0.0659. The zero-order chi connectivity index (χ0) is 15.6. The molecule has 1 rings (SSSR count). The fraction of sp³-hybridized carbons (Fsp3) is 0.500. The van der Waals surface area contributed by atoms with Crippen molar-refractivity contribution in [2.24, 2.45) is 0 Å². The van der Waals surface area contributed by atoms with E-state index in [1.165, 1.54) is 23.9 Å². The smallest absolute Gasteiger partial charge is 0.243 e. The van der Waals surface area contributed by atoms with Gasteiger partial charge in [-0.15, -0.1) is 0 Å². The number of hydrogen-bond acceptors (Lipinski definition) is 4. The standard InChI is InChI=1S/C12H17BrFNO3S2/c1-12(2,19-3)7-15-20(17,18)10-5-9(13)4-8(6-16)11(10)14/h4-5,15-16H,6-7H2,1-3H3. The first kappa shape index (κ1) is 17.9. The van der Waals surface area contributed by atoms with Crippen LogP contribution in [0.25, 0.3) is 0 Å². The lowest BCUT2D eigenvalue weighted by Gasteiger charge is -2.22. The lowest BCUT2D eigenvalue weighted by molar-refractivity contribution is 0.274. The molecule has 1 aromatic carbocycles. The Kier molecular flexibility index (Phi) is 6.03. The fourth-order valence-electron chi connectivity index (χ4n) is 1.35. The summed E-state index contributed by atoms with van der Waals surface area (Å²) in [6, 6.07) is 2.53. The summed E-state index contributed by atoms with van der Waals surface area (Å²) in [6.07, 6.45) is 1.87. The lowest BCUT2D eigenvalue weighted by atomic mass is 10.2. The summed E-state index contributed by atoms with van der Waals surface area (Å²) >= 11 is 4.62. The number of thioether (sulfide) groups is 1. The van der Waals surface area contributed by atoms with Crippen molar-refractivity contribution in [1.29, 1.82) is 0 Å². The Morgan fingerprint density at radius 2 is 2.05 bits per heavy atom. The zero-order valence-electron chi connectivity index (χ0n) is 11.4. The average molecular weight is 386 g/mol. The maximum absolute atomic E-state index is 14.0. The molecule has 4 nitrogen and oxygen atoms in total. The molecule has 0 radical (unpaired) electrons. The van der Waals surface area contributed by atoms with E-state index in [4.69, 9.17) is 5.11 Å². The Balaban J connectivity index is 3.13. The Hall–Kier alpha value is -0.150. The van der Waals surface area contributed by atoms with E-state index >= 15 is 0 Å². The molecule has 20 heavy (non-hydrogen) atoms. The first-order valence-electron chi connectivity index (χ1n) is 5.76. The molecule has 0 bridgehead atoms. The molecule has 0 amide bonds. The van der Waals surface area contributed by atoms with Crippen LogP contribution in [-0.4, -0.2) is 31.1 Å². The van der Waals surface area contributed by atoms with Crippen molar-refractivity contribution in [2.75, 3.05) is 12.8 Å². The summed E-state index contributed by atoms with van der Waals surface area (Å²) in [5.74, 6) is -0.926. The molecular formula is C12H17BrFNO3S2. The summed E-state index contributed by atoms with van der Waals surface area (Å²) in [4.78, 5) is -0.465. The summed E-state index contributed by atoms with van der Waals surface area (Å²) in [7, 11) is -3.97. The van der Waals surface area contributed by atoms with Gasteiger partial charge in [-0.05, 0) is 32.2 Å². The van der Waals surface area contributed by atoms with E-state index in [0.717, 1.165) is 0 Å². The Morgan fingerprint density at radius 1 is 1.45 bits per heavy atom. The van der Waals surface area contributed by atoms with Gasteiger partial charge in [-0.1, -0.05) is 15.9 Å². The van der Waals surface area contributed by atoms with Crippen molar-refractivity contribution in [1.82, 2.24) is 4.72 Å². The second kappa shape index (κ2) is 6.74. The minimum Gasteiger partial charge on any atom is -0.392 e. The quantitative estimate of drug-likeness (QED) is 0.789. The van der Waals surface area contributed by atoms with Crippen molar-refractivity contribution in [2.45, 2.75) is 30.1 Å². The van der Waals surface area contributed by atoms with E-state index in [1.807, 2.05) is 20.1 Å². The molecule has 0 aromatic heterocycles. The van der Waals surface area contributed by atoms with Gasteiger partial charge in [-0.25, -0.2) is 17.5 Å². The molecule has 0 atom stereocenters. The Bertz CT molecular complexity index is 591. The van der Waals surface area contributed by atoms with Gasteiger partial charge >= 0.3 is 0 Å². The predicted octanol–water partition coefficient (Wildman–Crippen LogP) is 2.50. The molecule has 114 valence electrons. The molecule has 1 aromatic rings. The normalized spacial score (nSPS) is 12.7. The summed E-state index contributed by atoms with van der Waals surface area (Å²) < 4.78 is 40.9. The van der Waals surface area contributed by atoms with Crippen LogP contribution in [0, 0.1) is 5.82 Å². The van der Waals surface area contributed by atoms with Gasteiger partial charge in [0.15, 0.2) is 0 Å². The number of halogens is 2. The molecule has 0 spiro atoms. The van der Waals surface area contributed by atoms with Crippen molar-refractivity contribution < 1.29 is 17.9 Å². The first-order valence-corrected chi connectivity index (χ1v) is 9.26. The van der Waals surface area contributed by atoms with E-state index in [0.29, 0.717) is 4.47 Å². The maximum Gasteiger partial charge on any atom is 0.243 e.